The molecule has 0 radical (unpaired) electrons. The molecule has 1 aromatic heterocycles. The van der Waals surface area contributed by atoms with Gasteiger partial charge in [0.2, 0.25) is 5.91 Å². The highest BCUT2D eigenvalue weighted by Crippen LogP contribution is 2.32. The van der Waals surface area contributed by atoms with Gasteiger partial charge in [-0.3, -0.25) is 14.5 Å². The van der Waals surface area contributed by atoms with Crippen molar-refractivity contribution in [2.24, 2.45) is 0 Å². The van der Waals surface area contributed by atoms with Crippen LogP contribution in [0.4, 0.5) is 5.69 Å². The summed E-state index contributed by atoms with van der Waals surface area (Å²) in [5.41, 5.74) is 1.64. The lowest BCUT2D eigenvalue weighted by atomic mass is 10.0. The maximum absolute atomic E-state index is 13.8. The molecule has 0 saturated heterocycles. The molecule has 3 rings (SSSR count). The summed E-state index contributed by atoms with van der Waals surface area (Å²) in [5, 5.41) is 3.87. The zero-order valence-corrected chi connectivity index (χ0v) is 18.8. The molecule has 0 saturated carbocycles. The normalized spacial score (nSPS) is 12.3. The van der Waals surface area contributed by atoms with Crippen LogP contribution in [0.15, 0.2) is 60.7 Å². The lowest BCUT2D eigenvalue weighted by Gasteiger charge is -2.33. The maximum Gasteiger partial charge on any atom is 0.271 e. The van der Waals surface area contributed by atoms with Gasteiger partial charge in [-0.2, -0.15) is 0 Å². The number of carbonyl (C=O) groups is 2. The maximum atomic E-state index is 13.8. The molecule has 2 aromatic carbocycles. The van der Waals surface area contributed by atoms with Gasteiger partial charge in [0.25, 0.3) is 5.91 Å². The fraction of sp³-hybridized carbons (Fsp3) is 0.292. The van der Waals surface area contributed by atoms with Gasteiger partial charge in [0.1, 0.15) is 10.9 Å². The molecule has 0 aliphatic carbocycles. The van der Waals surface area contributed by atoms with Gasteiger partial charge in [-0.1, -0.05) is 48.5 Å². The van der Waals surface area contributed by atoms with E-state index in [9.17, 15) is 9.59 Å². The monoisotopic (exact) mass is 421 g/mol. The van der Waals surface area contributed by atoms with Crippen molar-refractivity contribution in [3.8, 4) is 0 Å². The van der Waals surface area contributed by atoms with Gasteiger partial charge in [-0.05, 0) is 52.3 Å². The number of aromatic nitrogens is 1. The minimum absolute atomic E-state index is 0.232. The molecule has 6 heteroatoms. The highest BCUT2D eigenvalue weighted by atomic mass is 32.1. The molecule has 1 N–H and O–H groups in total. The Morgan fingerprint density at radius 2 is 1.53 bits per heavy atom. The Labute approximate surface area is 181 Å². The molecule has 0 spiro atoms. The van der Waals surface area contributed by atoms with E-state index in [1.165, 1.54) is 11.3 Å². The van der Waals surface area contributed by atoms with E-state index in [0.29, 0.717) is 16.3 Å². The van der Waals surface area contributed by atoms with Crippen LogP contribution in [0.5, 0.6) is 0 Å². The second kappa shape index (κ2) is 8.79. The first kappa shape index (κ1) is 21.7. The van der Waals surface area contributed by atoms with E-state index in [1.807, 2.05) is 95.3 Å². The van der Waals surface area contributed by atoms with Crippen LogP contribution in [0, 0.1) is 13.8 Å². The first-order valence-electron chi connectivity index (χ1n) is 9.87. The number of benzene rings is 2. The first-order valence-corrected chi connectivity index (χ1v) is 10.7. The molecule has 0 aliphatic rings. The predicted octanol–water partition coefficient (Wildman–Crippen LogP) is 5.06. The topological polar surface area (TPSA) is 62.3 Å². The molecular formula is C24H27N3O2S. The number of hydrogen-bond donors (Lipinski definition) is 1. The number of amides is 2. The third-order valence-electron chi connectivity index (χ3n) is 4.47. The van der Waals surface area contributed by atoms with E-state index >= 15 is 0 Å². The van der Waals surface area contributed by atoms with E-state index in [1.54, 1.807) is 4.90 Å². The zero-order valence-electron chi connectivity index (χ0n) is 18.0. The Bertz CT molecular complexity index is 1020. The number of carbonyl (C=O) groups excluding carboxylic acids is 2. The number of hydrogen-bond acceptors (Lipinski definition) is 4. The third-order valence-corrected chi connectivity index (χ3v) is 5.53. The lowest BCUT2D eigenvalue weighted by molar-refractivity contribution is -0.123. The summed E-state index contributed by atoms with van der Waals surface area (Å²) < 4.78 is 0. The second-order valence-corrected chi connectivity index (χ2v) is 9.41. The number of para-hydroxylation sites is 1. The molecule has 3 aromatic rings. The van der Waals surface area contributed by atoms with Crippen molar-refractivity contribution in [2.45, 2.75) is 46.2 Å². The summed E-state index contributed by atoms with van der Waals surface area (Å²) in [4.78, 5) is 33.8. The molecule has 1 atom stereocenters. The molecule has 0 fully saturated rings. The third kappa shape index (κ3) is 4.94. The Balaban J connectivity index is 2.17. The number of aryl methyl sites for hydroxylation is 2. The van der Waals surface area contributed by atoms with Crippen LogP contribution in [0.2, 0.25) is 0 Å². The molecular weight excluding hydrogens is 394 g/mol. The Hall–Kier alpha value is -2.99. The van der Waals surface area contributed by atoms with E-state index in [2.05, 4.69) is 10.3 Å². The standard InChI is InChI=1S/C24H27N3O2S/c1-16-21(30-17(2)25-16)23(29)27(19-14-10-7-11-15-19)20(18-12-8-6-9-13-18)22(28)26-24(3,4)5/h6-15,20H,1-5H3,(H,26,28). The van der Waals surface area contributed by atoms with E-state index in [-0.39, 0.29) is 11.8 Å². The number of nitrogens with zero attached hydrogens (tertiary/aromatic N) is 2. The van der Waals surface area contributed by atoms with Crippen LogP contribution in [0.1, 0.15) is 52.7 Å². The number of anilines is 1. The van der Waals surface area contributed by atoms with Gasteiger partial charge in [0.15, 0.2) is 0 Å². The molecule has 0 bridgehead atoms. The second-order valence-electron chi connectivity index (χ2n) is 8.21. The highest BCUT2D eigenvalue weighted by molar-refractivity contribution is 7.13. The first-order chi connectivity index (χ1) is 14.2. The fourth-order valence-electron chi connectivity index (χ4n) is 3.30. The molecule has 30 heavy (non-hydrogen) atoms. The zero-order chi connectivity index (χ0) is 21.9. The predicted molar refractivity (Wildman–Crippen MR) is 122 cm³/mol. The van der Waals surface area contributed by atoms with Crippen LogP contribution in [0.3, 0.4) is 0 Å². The van der Waals surface area contributed by atoms with Crippen molar-refractivity contribution in [2.75, 3.05) is 4.90 Å². The summed E-state index contributed by atoms with van der Waals surface area (Å²) in [6.45, 7) is 9.49. The molecule has 0 aliphatic heterocycles. The van der Waals surface area contributed by atoms with Crippen LogP contribution >= 0.6 is 11.3 Å². The molecule has 1 unspecified atom stereocenters. The van der Waals surface area contributed by atoms with Gasteiger partial charge < -0.3 is 5.32 Å². The number of rotatable bonds is 5. The Morgan fingerprint density at radius 1 is 0.967 bits per heavy atom. The smallest absolute Gasteiger partial charge is 0.271 e. The van der Waals surface area contributed by atoms with Gasteiger partial charge in [0, 0.05) is 11.2 Å². The van der Waals surface area contributed by atoms with E-state index in [4.69, 9.17) is 0 Å². The van der Waals surface area contributed by atoms with Gasteiger partial charge in [-0.25, -0.2) is 4.98 Å². The lowest BCUT2D eigenvalue weighted by Crippen LogP contribution is -2.49. The molecule has 5 nitrogen and oxygen atoms in total. The van der Waals surface area contributed by atoms with E-state index in [0.717, 1.165) is 10.6 Å². The van der Waals surface area contributed by atoms with Crippen molar-refractivity contribution in [1.29, 1.82) is 0 Å². The van der Waals surface area contributed by atoms with Crippen molar-refractivity contribution < 1.29 is 9.59 Å². The number of nitrogens with one attached hydrogen (secondary N) is 1. The summed E-state index contributed by atoms with van der Waals surface area (Å²) >= 11 is 1.35. The van der Waals surface area contributed by atoms with Gasteiger partial charge in [-0.15, -0.1) is 11.3 Å². The molecule has 156 valence electrons. The van der Waals surface area contributed by atoms with Gasteiger partial charge in [0.05, 0.1) is 10.7 Å². The minimum Gasteiger partial charge on any atom is -0.349 e. The SMILES string of the molecule is Cc1nc(C)c(C(=O)N(c2ccccc2)C(C(=O)NC(C)(C)C)c2ccccc2)s1. The van der Waals surface area contributed by atoms with Crippen molar-refractivity contribution in [3.05, 3.63) is 81.8 Å². The van der Waals surface area contributed by atoms with Crippen LogP contribution in [0.25, 0.3) is 0 Å². The average molecular weight is 422 g/mol. The van der Waals surface area contributed by atoms with Crippen molar-refractivity contribution >= 4 is 28.8 Å². The van der Waals surface area contributed by atoms with Crippen molar-refractivity contribution in [3.63, 3.8) is 0 Å². The largest absolute Gasteiger partial charge is 0.349 e. The Morgan fingerprint density at radius 3 is 2.03 bits per heavy atom. The quantitative estimate of drug-likeness (QED) is 0.626. The summed E-state index contributed by atoms with van der Waals surface area (Å²) in [6.07, 6.45) is 0. The highest BCUT2D eigenvalue weighted by Gasteiger charge is 2.36. The fourth-order valence-corrected chi connectivity index (χ4v) is 4.16. The summed E-state index contributed by atoms with van der Waals surface area (Å²) in [7, 11) is 0. The summed E-state index contributed by atoms with van der Waals surface area (Å²) in [5.74, 6) is -0.466. The summed E-state index contributed by atoms with van der Waals surface area (Å²) in [6, 6.07) is 17.9. The van der Waals surface area contributed by atoms with Crippen LogP contribution in [-0.4, -0.2) is 22.3 Å². The molecule has 1 heterocycles. The van der Waals surface area contributed by atoms with E-state index < -0.39 is 11.6 Å². The molecule has 2 amide bonds. The van der Waals surface area contributed by atoms with Gasteiger partial charge >= 0.3 is 0 Å². The minimum atomic E-state index is -0.817. The van der Waals surface area contributed by atoms with Crippen LogP contribution in [-0.2, 0) is 4.79 Å². The van der Waals surface area contributed by atoms with Crippen molar-refractivity contribution in [1.82, 2.24) is 10.3 Å². The van der Waals surface area contributed by atoms with Crippen LogP contribution < -0.4 is 10.2 Å². The average Bonchev–Trinajstić information content (AvgIpc) is 3.03. The Kier molecular flexibility index (Phi) is 6.37. The number of thiazole rings is 1.